The number of pyridine rings is 1. The lowest BCUT2D eigenvalue weighted by atomic mass is 10.2. The summed E-state index contributed by atoms with van der Waals surface area (Å²) in [5, 5.41) is 2.51. The molecular formula is C16H14F4N2O2. The van der Waals surface area contributed by atoms with E-state index in [4.69, 9.17) is 4.74 Å². The van der Waals surface area contributed by atoms with Gasteiger partial charge < -0.3 is 10.1 Å². The van der Waals surface area contributed by atoms with Gasteiger partial charge in [-0.2, -0.15) is 17.6 Å². The van der Waals surface area contributed by atoms with Crippen LogP contribution in [0.2, 0.25) is 0 Å². The number of halogens is 4. The van der Waals surface area contributed by atoms with E-state index in [9.17, 15) is 22.4 Å². The van der Waals surface area contributed by atoms with Crippen LogP contribution in [0.3, 0.4) is 0 Å². The first-order valence-corrected chi connectivity index (χ1v) is 6.99. The van der Waals surface area contributed by atoms with Crippen LogP contribution in [-0.4, -0.2) is 23.5 Å². The van der Waals surface area contributed by atoms with Gasteiger partial charge in [-0.05, 0) is 25.1 Å². The highest BCUT2D eigenvalue weighted by Crippen LogP contribution is 2.35. The number of carbonyl (C=O) groups is 1. The molecule has 0 bridgehead atoms. The van der Waals surface area contributed by atoms with E-state index in [1.54, 1.807) is 6.92 Å². The summed E-state index contributed by atoms with van der Waals surface area (Å²) in [6.45, 7) is 1.39. The molecule has 1 aromatic carbocycles. The first-order chi connectivity index (χ1) is 11.3. The van der Waals surface area contributed by atoms with Crippen molar-refractivity contribution in [2.45, 2.75) is 19.1 Å². The smallest absolute Gasteiger partial charge is 0.419 e. The number of alkyl halides is 3. The Labute approximate surface area is 135 Å². The SMILES string of the molecule is C[C@@H](COc1ccccc1C(F)(F)F)NC(=O)c1ccnc(F)c1. The average Bonchev–Trinajstić information content (AvgIpc) is 2.52. The lowest BCUT2D eigenvalue weighted by Crippen LogP contribution is -2.37. The molecule has 0 saturated heterocycles. The van der Waals surface area contributed by atoms with Crippen molar-refractivity contribution in [2.24, 2.45) is 0 Å². The minimum absolute atomic E-state index is 0.0602. The zero-order valence-corrected chi connectivity index (χ0v) is 12.6. The molecule has 4 nitrogen and oxygen atoms in total. The van der Waals surface area contributed by atoms with Crippen molar-refractivity contribution >= 4 is 5.91 Å². The van der Waals surface area contributed by atoms with Crippen LogP contribution >= 0.6 is 0 Å². The molecule has 2 aromatic rings. The zero-order valence-electron chi connectivity index (χ0n) is 12.6. The van der Waals surface area contributed by atoms with Crippen LogP contribution in [0.15, 0.2) is 42.6 Å². The van der Waals surface area contributed by atoms with Gasteiger partial charge in [0.05, 0.1) is 11.6 Å². The van der Waals surface area contributed by atoms with Crippen molar-refractivity contribution in [3.05, 3.63) is 59.7 Å². The maximum Gasteiger partial charge on any atom is 0.419 e. The molecule has 1 amide bonds. The van der Waals surface area contributed by atoms with Gasteiger partial charge in [-0.15, -0.1) is 0 Å². The minimum Gasteiger partial charge on any atom is -0.491 e. The Balaban J connectivity index is 1.97. The molecule has 128 valence electrons. The molecule has 1 N–H and O–H groups in total. The van der Waals surface area contributed by atoms with Gasteiger partial charge in [-0.25, -0.2) is 4.98 Å². The van der Waals surface area contributed by atoms with E-state index in [-0.39, 0.29) is 17.9 Å². The van der Waals surface area contributed by atoms with E-state index in [0.29, 0.717) is 0 Å². The Morgan fingerprint density at radius 2 is 2.00 bits per heavy atom. The first kappa shape index (κ1) is 17.7. The quantitative estimate of drug-likeness (QED) is 0.669. The molecule has 1 aromatic heterocycles. The summed E-state index contributed by atoms with van der Waals surface area (Å²) in [4.78, 5) is 15.2. The number of ether oxygens (including phenoxy) is 1. The second-order valence-electron chi connectivity index (χ2n) is 5.05. The van der Waals surface area contributed by atoms with Gasteiger partial charge in [0.15, 0.2) is 0 Å². The Morgan fingerprint density at radius 3 is 2.67 bits per heavy atom. The third-order valence-corrected chi connectivity index (χ3v) is 3.05. The second-order valence-corrected chi connectivity index (χ2v) is 5.05. The molecule has 8 heteroatoms. The number of carbonyl (C=O) groups excluding carboxylic acids is 1. The topological polar surface area (TPSA) is 51.2 Å². The van der Waals surface area contributed by atoms with E-state index in [1.165, 1.54) is 24.3 Å². The number of rotatable bonds is 5. The fraction of sp³-hybridized carbons (Fsp3) is 0.250. The number of aromatic nitrogens is 1. The molecule has 1 heterocycles. The average molecular weight is 342 g/mol. The highest BCUT2D eigenvalue weighted by Gasteiger charge is 2.34. The molecule has 0 unspecified atom stereocenters. The van der Waals surface area contributed by atoms with Crippen molar-refractivity contribution in [2.75, 3.05) is 6.61 Å². The number of nitrogens with one attached hydrogen (secondary N) is 1. The highest BCUT2D eigenvalue weighted by atomic mass is 19.4. The van der Waals surface area contributed by atoms with Crippen molar-refractivity contribution in [1.82, 2.24) is 10.3 Å². The predicted molar refractivity (Wildman–Crippen MR) is 78.1 cm³/mol. The van der Waals surface area contributed by atoms with E-state index in [0.717, 1.165) is 18.3 Å². The Bertz CT molecular complexity index is 719. The highest BCUT2D eigenvalue weighted by molar-refractivity contribution is 5.94. The molecule has 0 aliphatic heterocycles. The van der Waals surface area contributed by atoms with Gasteiger partial charge in [0.2, 0.25) is 5.95 Å². The van der Waals surface area contributed by atoms with Crippen LogP contribution in [-0.2, 0) is 6.18 Å². The van der Waals surface area contributed by atoms with E-state index < -0.39 is 29.6 Å². The van der Waals surface area contributed by atoms with Gasteiger partial charge in [0.25, 0.3) is 5.91 Å². The zero-order chi connectivity index (χ0) is 17.7. The number of amides is 1. The normalized spacial score (nSPS) is 12.5. The monoisotopic (exact) mass is 342 g/mol. The number of nitrogens with zero attached hydrogens (tertiary/aromatic N) is 1. The van der Waals surface area contributed by atoms with Crippen LogP contribution in [0, 0.1) is 5.95 Å². The molecule has 0 aliphatic carbocycles. The van der Waals surface area contributed by atoms with Crippen LogP contribution < -0.4 is 10.1 Å². The van der Waals surface area contributed by atoms with Gasteiger partial charge in [-0.3, -0.25) is 4.79 Å². The maximum atomic E-state index is 13.0. The van der Waals surface area contributed by atoms with E-state index in [1.807, 2.05) is 0 Å². The third kappa shape index (κ3) is 4.68. The van der Waals surface area contributed by atoms with Gasteiger partial charge in [0.1, 0.15) is 12.4 Å². The van der Waals surface area contributed by atoms with E-state index >= 15 is 0 Å². The Kier molecular flexibility index (Phi) is 5.38. The summed E-state index contributed by atoms with van der Waals surface area (Å²) >= 11 is 0. The van der Waals surface area contributed by atoms with E-state index in [2.05, 4.69) is 10.3 Å². The Morgan fingerprint density at radius 1 is 1.29 bits per heavy atom. The summed E-state index contributed by atoms with van der Waals surface area (Å²) in [5.41, 5.74) is -0.829. The lowest BCUT2D eigenvalue weighted by Gasteiger charge is -2.18. The number of benzene rings is 1. The summed E-state index contributed by atoms with van der Waals surface area (Å²) in [6.07, 6.45) is -3.39. The van der Waals surface area contributed by atoms with Crippen molar-refractivity contribution in [3.63, 3.8) is 0 Å². The van der Waals surface area contributed by atoms with Gasteiger partial charge in [-0.1, -0.05) is 12.1 Å². The summed E-state index contributed by atoms with van der Waals surface area (Å²) in [7, 11) is 0. The fourth-order valence-electron chi connectivity index (χ4n) is 1.93. The minimum atomic E-state index is -4.53. The molecule has 1 atom stereocenters. The second kappa shape index (κ2) is 7.29. The van der Waals surface area contributed by atoms with Crippen molar-refractivity contribution in [3.8, 4) is 5.75 Å². The van der Waals surface area contributed by atoms with Gasteiger partial charge >= 0.3 is 6.18 Å². The largest absolute Gasteiger partial charge is 0.491 e. The number of para-hydroxylation sites is 1. The Hall–Kier alpha value is -2.64. The first-order valence-electron chi connectivity index (χ1n) is 6.99. The van der Waals surface area contributed by atoms with Gasteiger partial charge in [0, 0.05) is 17.8 Å². The van der Waals surface area contributed by atoms with Crippen molar-refractivity contribution < 1.29 is 27.1 Å². The fourth-order valence-corrected chi connectivity index (χ4v) is 1.93. The van der Waals surface area contributed by atoms with Crippen LogP contribution in [0.1, 0.15) is 22.8 Å². The standard InChI is InChI=1S/C16H14F4N2O2/c1-10(22-15(23)11-6-7-21-14(17)8-11)9-24-13-5-3-2-4-12(13)16(18,19)20/h2-8,10H,9H2,1H3,(H,22,23)/t10-/m0/s1. The summed E-state index contributed by atoms with van der Waals surface area (Å²) in [5.74, 6) is -1.69. The maximum absolute atomic E-state index is 13.0. The van der Waals surface area contributed by atoms with Crippen molar-refractivity contribution in [1.29, 1.82) is 0 Å². The third-order valence-electron chi connectivity index (χ3n) is 3.05. The summed E-state index contributed by atoms with van der Waals surface area (Å²) < 4.78 is 56.7. The predicted octanol–water partition coefficient (Wildman–Crippen LogP) is 3.44. The number of hydrogen-bond donors (Lipinski definition) is 1. The van der Waals surface area contributed by atoms with Crippen LogP contribution in [0.5, 0.6) is 5.75 Å². The molecule has 0 radical (unpaired) electrons. The molecule has 2 rings (SSSR count). The molecule has 0 saturated carbocycles. The summed E-state index contributed by atoms with van der Waals surface area (Å²) in [6, 6.07) is 6.50. The van der Waals surface area contributed by atoms with Crippen LogP contribution in [0.25, 0.3) is 0 Å². The lowest BCUT2D eigenvalue weighted by molar-refractivity contribution is -0.139. The molecular weight excluding hydrogens is 328 g/mol. The molecule has 24 heavy (non-hydrogen) atoms. The molecule has 0 fully saturated rings. The van der Waals surface area contributed by atoms with Crippen LogP contribution in [0.4, 0.5) is 17.6 Å². The molecule has 0 aliphatic rings. The number of hydrogen-bond acceptors (Lipinski definition) is 3. The molecule has 0 spiro atoms.